The summed E-state index contributed by atoms with van der Waals surface area (Å²) in [6.45, 7) is 0. The lowest BCUT2D eigenvalue weighted by molar-refractivity contribution is 0.399. The van der Waals surface area contributed by atoms with Crippen LogP contribution >= 0.6 is 0 Å². The summed E-state index contributed by atoms with van der Waals surface area (Å²) in [4.78, 5) is 0. The fourth-order valence-electron chi connectivity index (χ4n) is 2.13. The van der Waals surface area contributed by atoms with E-state index in [1.807, 2.05) is 36.4 Å². The average Bonchev–Trinajstić information content (AvgIpc) is 2.43. The highest BCUT2D eigenvalue weighted by Gasteiger charge is 2.17. The molecule has 18 heavy (non-hydrogen) atoms. The van der Waals surface area contributed by atoms with E-state index < -0.39 is 0 Å². The summed E-state index contributed by atoms with van der Waals surface area (Å²) < 4.78 is 16.3. The average molecular weight is 242 g/mol. The van der Waals surface area contributed by atoms with Gasteiger partial charge in [-0.05, 0) is 23.3 Å². The Balaban J connectivity index is 2.01. The molecule has 0 saturated heterocycles. The molecule has 0 spiro atoms. The van der Waals surface area contributed by atoms with E-state index in [0.29, 0.717) is 0 Å². The standard InChI is InChI=1S/C15H14O3/c1-16-12-5-3-10-7-11-4-6-13(17-2)9-15(11)18-14(10)8-12/h3-6,8-9H,7H2,1-2H3. The van der Waals surface area contributed by atoms with Crippen molar-refractivity contribution in [3.05, 3.63) is 47.5 Å². The van der Waals surface area contributed by atoms with Crippen LogP contribution in [0.3, 0.4) is 0 Å². The number of fused-ring (bicyclic) bond motifs is 2. The number of hydrogen-bond donors (Lipinski definition) is 0. The monoisotopic (exact) mass is 242 g/mol. The molecule has 0 saturated carbocycles. The molecule has 3 nitrogen and oxygen atoms in total. The molecule has 1 aliphatic heterocycles. The Hall–Kier alpha value is -2.16. The summed E-state index contributed by atoms with van der Waals surface area (Å²) in [5, 5.41) is 0. The second kappa shape index (κ2) is 4.26. The van der Waals surface area contributed by atoms with Crippen LogP contribution in [-0.4, -0.2) is 14.2 Å². The van der Waals surface area contributed by atoms with Crippen molar-refractivity contribution in [1.82, 2.24) is 0 Å². The van der Waals surface area contributed by atoms with E-state index in [1.165, 1.54) is 11.1 Å². The van der Waals surface area contributed by atoms with Gasteiger partial charge in [0.05, 0.1) is 14.2 Å². The van der Waals surface area contributed by atoms with Gasteiger partial charge in [0.15, 0.2) is 0 Å². The minimum atomic E-state index is 0.806. The van der Waals surface area contributed by atoms with E-state index in [9.17, 15) is 0 Å². The number of methoxy groups -OCH3 is 2. The van der Waals surface area contributed by atoms with E-state index in [-0.39, 0.29) is 0 Å². The molecule has 2 aromatic rings. The Labute approximate surface area is 106 Å². The highest BCUT2D eigenvalue weighted by atomic mass is 16.5. The fourth-order valence-corrected chi connectivity index (χ4v) is 2.13. The van der Waals surface area contributed by atoms with Crippen molar-refractivity contribution in [3.63, 3.8) is 0 Å². The third-order valence-corrected chi connectivity index (χ3v) is 3.15. The van der Waals surface area contributed by atoms with Gasteiger partial charge in [0.2, 0.25) is 0 Å². The zero-order valence-corrected chi connectivity index (χ0v) is 10.4. The molecular weight excluding hydrogens is 228 g/mol. The molecule has 1 aliphatic rings. The van der Waals surface area contributed by atoms with Crippen LogP contribution in [0.1, 0.15) is 11.1 Å². The molecule has 2 aromatic carbocycles. The van der Waals surface area contributed by atoms with Crippen molar-refractivity contribution in [2.45, 2.75) is 6.42 Å². The maximum atomic E-state index is 5.90. The molecule has 92 valence electrons. The highest BCUT2D eigenvalue weighted by Crippen LogP contribution is 2.39. The summed E-state index contributed by atoms with van der Waals surface area (Å²) in [6, 6.07) is 11.8. The molecule has 0 aromatic heterocycles. The summed E-state index contributed by atoms with van der Waals surface area (Å²) in [7, 11) is 3.31. The van der Waals surface area contributed by atoms with Crippen molar-refractivity contribution >= 4 is 0 Å². The zero-order chi connectivity index (χ0) is 12.5. The molecule has 3 heteroatoms. The van der Waals surface area contributed by atoms with Crippen molar-refractivity contribution in [2.75, 3.05) is 14.2 Å². The maximum absolute atomic E-state index is 5.90. The largest absolute Gasteiger partial charge is 0.497 e. The van der Waals surface area contributed by atoms with Crippen LogP contribution < -0.4 is 14.2 Å². The molecule has 0 N–H and O–H groups in total. The Morgan fingerprint density at radius 1 is 0.833 bits per heavy atom. The van der Waals surface area contributed by atoms with Crippen LogP contribution in [0.2, 0.25) is 0 Å². The van der Waals surface area contributed by atoms with Gasteiger partial charge in [0, 0.05) is 18.6 Å². The lowest BCUT2D eigenvalue weighted by Crippen LogP contribution is -2.03. The first kappa shape index (κ1) is 11.0. The first-order chi connectivity index (χ1) is 8.80. The molecule has 0 radical (unpaired) electrons. The molecule has 0 fully saturated rings. The molecule has 0 unspecified atom stereocenters. The maximum Gasteiger partial charge on any atom is 0.134 e. The van der Waals surface area contributed by atoms with E-state index >= 15 is 0 Å². The van der Waals surface area contributed by atoms with Crippen LogP contribution in [0, 0.1) is 0 Å². The van der Waals surface area contributed by atoms with E-state index in [0.717, 1.165) is 29.4 Å². The summed E-state index contributed by atoms with van der Waals surface area (Å²) in [5.74, 6) is 3.32. The van der Waals surface area contributed by atoms with Gasteiger partial charge in [-0.25, -0.2) is 0 Å². The van der Waals surface area contributed by atoms with Crippen LogP contribution in [0.5, 0.6) is 23.0 Å². The van der Waals surface area contributed by atoms with Crippen molar-refractivity contribution in [1.29, 1.82) is 0 Å². The topological polar surface area (TPSA) is 27.7 Å². The first-order valence-corrected chi connectivity index (χ1v) is 5.82. The Morgan fingerprint density at radius 3 is 1.78 bits per heavy atom. The third kappa shape index (κ3) is 1.78. The number of benzene rings is 2. The lowest BCUT2D eigenvalue weighted by Gasteiger charge is -2.21. The minimum absolute atomic E-state index is 0.806. The van der Waals surface area contributed by atoms with Crippen molar-refractivity contribution < 1.29 is 14.2 Å². The lowest BCUT2D eigenvalue weighted by atomic mass is 10.00. The van der Waals surface area contributed by atoms with Crippen LogP contribution in [0.4, 0.5) is 0 Å². The predicted octanol–water partition coefficient (Wildman–Crippen LogP) is 3.40. The fraction of sp³-hybridized carbons (Fsp3) is 0.200. The summed E-state index contributed by atoms with van der Waals surface area (Å²) in [6.07, 6.45) is 0.874. The van der Waals surface area contributed by atoms with Gasteiger partial charge in [-0.2, -0.15) is 0 Å². The van der Waals surface area contributed by atoms with Crippen LogP contribution in [0.15, 0.2) is 36.4 Å². The first-order valence-electron chi connectivity index (χ1n) is 5.82. The van der Waals surface area contributed by atoms with E-state index in [1.54, 1.807) is 14.2 Å². The molecule has 0 bridgehead atoms. The quantitative estimate of drug-likeness (QED) is 0.689. The normalized spacial score (nSPS) is 12.1. The predicted molar refractivity (Wildman–Crippen MR) is 68.9 cm³/mol. The van der Waals surface area contributed by atoms with Crippen LogP contribution in [0.25, 0.3) is 0 Å². The molecular formula is C15H14O3. The van der Waals surface area contributed by atoms with E-state index in [4.69, 9.17) is 14.2 Å². The smallest absolute Gasteiger partial charge is 0.134 e. The molecule has 0 amide bonds. The van der Waals surface area contributed by atoms with Gasteiger partial charge in [-0.1, -0.05) is 12.1 Å². The second-order valence-electron chi connectivity index (χ2n) is 4.23. The van der Waals surface area contributed by atoms with Gasteiger partial charge in [-0.15, -0.1) is 0 Å². The number of rotatable bonds is 2. The second-order valence-corrected chi connectivity index (χ2v) is 4.23. The van der Waals surface area contributed by atoms with Gasteiger partial charge in [0.25, 0.3) is 0 Å². The summed E-state index contributed by atoms with van der Waals surface area (Å²) in [5.41, 5.74) is 2.35. The van der Waals surface area contributed by atoms with Crippen LogP contribution in [-0.2, 0) is 6.42 Å². The van der Waals surface area contributed by atoms with Gasteiger partial charge in [0.1, 0.15) is 23.0 Å². The molecule has 0 atom stereocenters. The molecule has 0 aliphatic carbocycles. The molecule has 3 rings (SSSR count). The van der Waals surface area contributed by atoms with Gasteiger partial charge < -0.3 is 14.2 Å². The minimum Gasteiger partial charge on any atom is -0.497 e. The van der Waals surface area contributed by atoms with Gasteiger partial charge >= 0.3 is 0 Å². The zero-order valence-electron chi connectivity index (χ0n) is 10.4. The molecule has 1 heterocycles. The highest BCUT2D eigenvalue weighted by molar-refractivity contribution is 5.53. The number of ether oxygens (including phenoxy) is 3. The third-order valence-electron chi connectivity index (χ3n) is 3.15. The Kier molecular flexibility index (Phi) is 2.59. The van der Waals surface area contributed by atoms with Gasteiger partial charge in [-0.3, -0.25) is 0 Å². The SMILES string of the molecule is COc1ccc2c(c1)Oc1cc(OC)ccc1C2. The summed E-state index contributed by atoms with van der Waals surface area (Å²) >= 11 is 0. The number of hydrogen-bond acceptors (Lipinski definition) is 3. The van der Waals surface area contributed by atoms with Crippen molar-refractivity contribution in [2.24, 2.45) is 0 Å². The van der Waals surface area contributed by atoms with Crippen molar-refractivity contribution in [3.8, 4) is 23.0 Å². The van der Waals surface area contributed by atoms with E-state index in [2.05, 4.69) is 0 Å². The Morgan fingerprint density at radius 2 is 1.33 bits per heavy atom. The Bertz CT molecular complexity index is 539.